The van der Waals surface area contributed by atoms with Crippen molar-refractivity contribution in [3.05, 3.63) is 29.3 Å². The van der Waals surface area contributed by atoms with E-state index in [4.69, 9.17) is 0 Å². The summed E-state index contributed by atoms with van der Waals surface area (Å²) in [5.74, 6) is -0.237. The summed E-state index contributed by atoms with van der Waals surface area (Å²) in [6.45, 7) is 8.13. The van der Waals surface area contributed by atoms with Crippen molar-refractivity contribution in [2.75, 3.05) is 0 Å². The molecule has 0 spiro atoms. The number of hydrogen-bond acceptors (Lipinski definition) is 2. The molecule has 2 heterocycles. The fraction of sp³-hybridized carbons (Fsp3) is 0.545. The van der Waals surface area contributed by atoms with E-state index in [-0.39, 0.29) is 11.4 Å². The van der Waals surface area contributed by atoms with Gasteiger partial charge in [-0.1, -0.05) is 0 Å². The summed E-state index contributed by atoms with van der Waals surface area (Å²) < 4.78 is 12.9. The summed E-state index contributed by atoms with van der Waals surface area (Å²) in [6.07, 6.45) is 1.30. The van der Waals surface area contributed by atoms with Crippen LogP contribution >= 0.6 is 0 Å². The third kappa shape index (κ3) is 1.64. The summed E-state index contributed by atoms with van der Waals surface area (Å²) in [7, 11) is 0. The van der Waals surface area contributed by atoms with Crippen LogP contribution in [0.15, 0.2) is 12.3 Å². The average molecular weight is 194 g/mol. The van der Waals surface area contributed by atoms with Crippen molar-refractivity contribution in [1.29, 1.82) is 0 Å². The van der Waals surface area contributed by atoms with Crippen LogP contribution in [0.1, 0.15) is 32.0 Å². The Morgan fingerprint density at radius 2 is 2.07 bits per heavy atom. The number of hydrogen-bond donors (Lipinski definition) is 0. The van der Waals surface area contributed by atoms with Crippen LogP contribution in [0.3, 0.4) is 0 Å². The molecule has 0 amide bonds. The minimum atomic E-state index is -0.237. The van der Waals surface area contributed by atoms with Gasteiger partial charge in [0.05, 0.1) is 11.9 Å². The Morgan fingerprint density at radius 1 is 1.36 bits per heavy atom. The van der Waals surface area contributed by atoms with Gasteiger partial charge in [0.1, 0.15) is 5.82 Å². The Morgan fingerprint density at radius 3 is 2.71 bits per heavy atom. The number of pyridine rings is 1. The van der Waals surface area contributed by atoms with E-state index < -0.39 is 0 Å². The summed E-state index contributed by atoms with van der Waals surface area (Å²) in [6, 6.07) is 1.59. The molecule has 1 aromatic heterocycles. The maximum atomic E-state index is 12.9. The molecule has 0 N–H and O–H groups in total. The summed E-state index contributed by atoms with van der Waals surface area (Å²) >= 11 is 0. The van der Waals surface area contributed by atoms with E-state index in [9.17, 15) is 4.39 Å². The Balaban J connectivity index is 2.26. The van der Waals surface area contributed by atoms with E-state index in [1.54, 1.807) is 6.07 Å². The maximum Gasteiger partial charge on any atom is 0.141 e. The molecule has 3 heteroatoms. The van der Waals surface area contributed by atoms with E-state index in [0.29, 0.717) is 0 Å². The van der Waals surface area contributed by atoms with Crippen molar-refractivity contribution >= 4 is 0 Å². The van der Waals surface area contributed by atoms with Gasteiger partial charge >= 0.3 is 0 Å². The second-order valence-corrected chi connectivity index (χ2v) is 4.79. The Kier molecular flexibility index (Phi) is 2.07. The summed E-state index contributed by atoms with van der Waals surface area (Å²) in [5.41, 5.74) is 2.17. The van der Waals surface area contributed by atoms with Gasteiger partial charge < -0.3 is 0 Å². The predicted octanol–water partition coefficient (Wildman–Crippen LogP) is 2.33. The molecule has 0 bridgehead atoms. The first kappa shape index (κ1) is 9.59. The highest BCUT2D eigenvalue weighted by Crippen LogP contribution is 2.27. The van der Waals surface area contributed by atoms with Gasteiger partial charge in [-0.15, -0.1) is 0 Å². The minimum absolute atomic E-state index is 0.122. The van der Waals surface area contributed by atoms with Gasteiger partial charge in [0.2, 0.25) is 0 Å². The van der Waals surface area contributed by atoms with E-state index >= 15 is 0 Å². The molecule has 0 aliphatic carbocycles. The molecule has 0 saturated heterocycles. The Labute approximate surface area is 83.8 Å². The van der Waals surface area contributed by atoms with Gasteiger partial charge in [-0.2, -0.15) is 0 Å². The molecule has 0 aromatic carbocycles. The van der Waals surface area contributed by atoms with Crippen LogP contribution in [0.5, 0.6) is 0 Å². The van der Waals surface area contributed by atoms with E-state index in [1.807, 2.05) is 0 Å². The number of nitrogens with zero attached hydrogens (tertiary/aromatic N) is 2. The largest absolute Gasteiger partial charge is 0.288 e. The number of rotatable bonds is 0. The zero-order chi connectivity index (χ0) is 10.3. The third-order valence-corrected chi connectivity index (χ3v) is 2.68. The molecule has 0 radical (unpaired) electrons. The van der Waals surface area contributed by atoms with Gasteiger partial charge in [0.25, 0.3) is 0 Å². The summed E-state index contributed by atoms with van der Waals surface area (Å²) in [4.78, 5) is 6.40. The molecule has 0 saturated carbocycles. The molecule has 2 rings (SSSR count). The monoisotopic (exact) mass is 194 g/mol. The normalized spacial score (nSPS) is 17.1. The van der Waals surface area contributed by atoms with Crippen LogP contribution in [0.4, 0.5) is 4.39 Å². The highest BCUT2D eigenvalue weighted by atomic mass is 19.1. The molecule has 0 atom stereocenters. The molecule has 14 heavy (non-hydrogen) atoms. The van der Waals surface area contributed by atoms with Gasteiger partial charge in [0.15, 0.2) is 0 Å². The zero-order valence-corrected chi connectivity index (χ0v) is 8.84. The van der Waals surface area contributed by atoms with Crippen molar-refractivity contribution in [1.82, 2.24) is 9.88 Å². The van der Waals surface area contributed by atoms with Crippen molar-refractivity contribution in [3.8, 4) is 0 Å². The number of halogens is 1. The lowest BCUT2D eigenvalue weighted by molar-refractivity contribution is 0.135. The lowest BCUT2D eigenvalue weighted by Crippen LogP contribution is -2.36. The van der Waals surface area contributed by atoms with Crippen LogP contribution in [-0.4, -0.2) is 15.4 Å². The SMILES string of the molecule is CC(C)(C)N1Cc2cc(F)cnc2C1. The van der Waals surface area contributed by atoms with Crippen molar-refractivity contribution in [3.63, 3.8) is 0 Å². The van der Waals surface area contributed by atoms with Gasteiger partial charge in [0, 0.05) is 18.6 Å². The standard InChI is InChI=1S/C11H15FN2/c1-11(2,3)14-6-8-4-9(12)5-13-10(8)7-14/h4-5H,6-7H2,1-3H3. The highest BCUT2D eigenvalue weighted by molar-refractivity contribution is 5.24. The molecule has 1 aliphatic heterocycles. The first-order valence-corrected chi connectivity index (χ1v) is 4.85. The number of fused-ring (bicyclic) bond motifs is 1. The second kappa shape index (κ2) is 3.02. The quantitative estimate of drug-likeness (QED) is 0.630. The molecular weight excluding hydrogens is 179 g/mol. The molecule has 0 unspecified atom stereocenters. The first-order chi connectivity index (χ1) is 6.47. The van der Waals surface area contributed by atoms with Crippen LogP contribution in [-0.2, 0) is 13.1 Å². The molecule has 76 valence electrons. The van der Waals surface area contributed by atoms with Gasteiger partial charge in [-0.05, 0) is 32.4 Å². The molecule has 2 nitrogen and oxygen atoms in total. The first-order valence-electron chi connectivity index (χ1n) is 4.85. The summed E-state index contributed by atoms with van der Waals surface area (Å²) in [5, 5.41) is 0. The second-order valence-electron chi connectivity index (χ2n) is 4.79. The smallest absolute Gasteiger partial charge is 0.141 e. The average Bonchev–Trinajstić information content (AvgIpc) is 2.45. The Bertz CT molecular complexity index is 355. The Hall–Kier alpha value is -0.960. The minimum Gasteiger partial charge on any atom is -0.288 e. The van der Waals surface area contributed by atoms with Crippen LogP contribution < -0.4 is 0 Å². The van der Waals surface area contributed by atoms with Crippen molar-refractivity contribution in [2.45, 2.75) is 39.4 Å². The van der Waals surface area contributed by atoms with Crippen molar-refractivity contribution in [2.24, 2.45) is 0 Å². The zero-order valence-electron chi connectivity index (χ0n) is 8.84. The van der Waals surface area contributed by atoms with Crippen LogP contribution in [0.2, 0.25) is 0 Å². The fourth-order valence-corrected chi connectivity index (χ4v) is 1.71. The topological polar surface area (TPSA) is 16.1 Å². The predicted molar refractivity (Wildman–Crippen MR) is 53.2 cm³/mol. The van der Waals surface area contributed by atoms with Gasteiger partial charge in [-0.3, -0.25) is 9.88 Å². The van der Waals surface area contributed by atoms with Gasteiger partial charge in [-0.25, -0.2) is 4.39 Å². The lowest BCUT2D eigenvalue weighted by Gasteiger charge is -2.30. The van der Waals surface area contributed by atoms with E-state index in [0.717, 1.165) is 24.3 Å². The molecule has 1 aromatic rings. The maximum absolute atomic E-state index is 12.9. The van der Waals surface area contributed by atoms with E-state index in [1.165, 1.54) is 6.20 Å². The van der Waals surface area contributed by atoms with Crippen molar-refractivity contribution < 1.29 is 4.39 Å². The van der Waals surface area contributed by atoms with Crippen LogP contribution in [0, 0.1) is 5.82 Å². The molecule has 1 aliphatic rings. The lowest BCUT2D eigenvalue weighted by atomic mass is 10.1. The fourth-order valence-electron chi connectivity index (χ4n) is 1.71. The highest BCUT2D eigenvalue weighted by Gasteiger charge is 2.28. The third-order valence-electron chi connectivity index (χ3n) is 2.68. The molecular formula is C11H15FN2. The van der Waals surface area contributed by atoms with E-state index in [2.05, 4.69) is 30.7 Å². The number of aromatic nitrogens is 1. The van der Waals surface area contributed by atoms with Crippen LogP contribution in [0.25, 0.3) is 0 Å². The molecule has 0 fully saturated rings.